The van der Waals surface area contributed by atoms with Crippen molar-refractivity contribution in [1.82, 2.24) is 14.9 Å². The second-order valence-corrected chi connectivity index (χ2v) is 6.12. The molecule has 0 radical (unpaired) electrons. The molecule has 0 unspecified atom stereocenters. The molecule has 1 aromatic carbocycles. The van der Waals surface area contributed by atoms with Crippen molar-refractivity contribution < 1.29 is 9.53 Å². The van der Waals surface area contributed by atoms with Crippen molar-refractivity contribution in [2.24, 2.45) is 0 Å². The molecule has 0 spiro atoms. The van der Waals surface area contributed by atoms with Crippen molar-refractivity contribution in [2.45, 2.75) is 24.4 Å². The number of ether oxygens (including phenoxy) is 1. The van der Waals surface area contributed by atoms with Gasteiger partial charge in [0.1, 0.15) is 5.75 Å². The van der Waals surface area contributed by atoms with Gasteiger partial charge in [0.2, 0.25) is 5.91 Å². The van der Waals surface area contributed by atoms with Crippen LogP contribution in [-0.4, -0.2) is 46.7 Å². The van der Waals surface area contributed by atoms with Crippen LogP contribution >= 0.6 is 11.8 Å². The van der Waals surface area contributed by atoms with E-state index in [4.69, 9.17) is 4.74 Å². The zero-order valence-corrected chi connectivity index (χ0v) is 12.9. The van der Waals surface area contributed by atoms with Crippen LogP contribution in [0.3, 0.4) is 0 Å². The number of hydrogen-bond acceptors (Lipinski definition) is 4. The number of amides is 1. The highest BCUT2D eigenvalue weighted by Gasteiger charge is 2.17. The van der Waals surface area contributed by atoms with Gasteiger partial charge in [0, 0.05) is 19.2 Å². The number of carbonyl (C=O) groups is 1. The normalized spacial score (nSPS) is 15.4. The Morgan fingerprint density at radius 3 is 2.95 bits per heavy atom. The van der Waals surface area contributed by atoms with Crippen LogP contribution < -0.4 is 4.74 Å². The number of hydrogen-bond donors (Lipinski definition) is 1. The van der Waals surface area contributed by atoms with Gasteiger partial charge < -0.3 is 14.6 Å². The second kappa shape index (κ2) is 6.39. The first kappa shape index (κ1) is 14.3. The zero-order valence-electron chi connectivity index (χ0n) is 12.1. The van der Waals surface area contributed by atoms with Crippen LogP contribution in [0.15, 0.2) is 23.4 Å². The summed E-state index contributed by atoms with van der Waals surface area (Å²) in [4.78, 5) is 21.8. The first-order valence-electron chi connectivity index (χ1n) is 7.20. The van der Waals surface area contributed by atoms with Crippen molar-refractivity contribution in [1.29, 1.82) is 0 Å². The fourth-order valence-electron chi connectivity index (χ4n) is 2.53. The number of H-pyrrole nitrogens is 1. The third kappa shape index (κ3) is 3.32. The van der Waals surface area contributed by atoms with Gasteiger partial charge in [0.25, 0.3) is 0 Å². The lowest BCUT2D eigenvalue weighted by Gasteiger charge is -2.26. The monoisotopic (exact) mass is 305 g/mol. The molecule has 0 saturated carbocycles. The summed E-state index contributed by atoms with van der Waals surface area (Å²) < 4.78 is 5.19. The first-order valence-corrected chi connectivity index (χ1v) is 8.19. The van der Waals surface area contributed by atoms with Crippen LogP contribution in [0.5, 0.6) is 5.75 Å². The molecule has 2 aromatic rings. The summed E-state index contributed by atoms with van der Waals surface area (Å²) in [6, 6.07) is 5.72. The third-order valence-corrected chi connectivity index (χ3v) is 4.57. The Kier molecular flexibility index (Phi) is 4.34. The minimum atomic E-state index is 0.206. The van der Waals surface area contributed by atoms with Crippen molar-refractivity contribution in [3.05, 3.63) is 18.2 Å². The highest BCUT2D eigenvalue weighted by Crippen LogP contribution is 2.23. The number of methoxy groups -OCH3 is 1. The van der Waals surface area contributed by atoms with E-state index >= 15 is 0 Å². The standard InChI is InChI=1S/C15H19N3O2S/c1-20-11-5-6-12-13(9-11)17-15(16-12)21-10-14(19)18-7-3-2-4-8-18/h5-6,9H,2-4,7-8,10H2,1H3,(H,16,17). The molecule has 1 fully saturated rings. The summed E-state index contributed by atoms with van der Waals surface area (Å²) in [7, 11) is 1.64. The van der Waals surface area contributed by atoms with E-state index in [1.165, 1.54) is 18.2 Å². The number of aromatic amines is 1. The summed E-state index contributed by atoms with van der Waals surface area (Å²) in [5.74, 6) is 1.45. The van der Waals surface area contributed by atoms with Gasteiger partial charge in [0.05, 0.1) is 23.9 Å². The van der Waals surface area contributed by atoms with Crippen LogP contribution in [0.25, 0.3) is 11.0 Å². The molecular weight excluding hydrogens is 286 g/mol. The highest BCUT2D eigenvalue weighted by molar-refractivity contribution is 7.99. The van der Waals surface area contributed by atoms with E-state index in [9.17, 15) is 4.79 Å². The van der Waals surface area contributed by atoms with Gasteiger partial charge >= 0.3 is 0 Å². The smallest absolute Gasteiger partial charge is 0.233 e. The number of likely N-dealkylation sites (tertiary alicyclic amines) is 1. The molecule has 21 heavy (non-hydrogen) atoms. The lowest BCUT2D eigenvalue weighted by Crippen LogP contribution is -2.36. The number of imidazole rings is 1. The van der Waals surface area contributed by atoms with E-state index < -0.39 is 0 Å². The maximum absolute atomic E-state index is 12.1. The Morgan fingerprint density at radius 1 is 1.38 bits per heavy atom. The molecule has 3 rings (SSSR count). The molecule has 112 valence electrons. The van der Waals surface area contributed by atoms with E-state index in [-0.39, 0.29) is 5.91 Å². The molecule has 0 bridgehead atoms. The third-order valence-electron chi connectivity index (χ3n) is 3.71. The highest BCUT2D eigenvalue weighted by atomic mass is 32.2. The molecule has 1 aliphatic heterocycles. The minimum Gasteiger partial charge on any atom is -0.497 e. The molecule has 6 heteroatoms. The number of fused-ring (bicyclic) bond motifs is 1. The number of nitrogens with zero attached hydrogens (tertiary/aromatic N) is 2. The van der Waals surface area contributed by atoms with Gasteiger partial charge in [0.15, 0.2) is 5.16 Å². The van der Waals surface area contributed by atoms with Crippen molar-refractivity contribution in [2.75, 3.05) is 26.0 Å². The SMILES string of the molecule is COc1ccc2nc(SCC(=O)N3CCCCC3)[nH]c2c1. The average molecular weight is 305 g/mol. The van der Waals surface area contributed by atoms with Crippen LogP contribution in [0.1, 0.15) is 19.3 Å². The predicted molar refractivity (Wildman–Crippen MR) is 83.8 cm³/mol. The van der Waals surface area contributed by atoms with E-state index in [2.05, 4.69) is 9.97 Å². The predicted octanol–water partition coefficient (Wildman–Crippen LogP) is 2.68. The van der Waals surface area contributed by atoms with Gasteiger partial charge in [-0.3, -0.25) is 4.79 Å². The first-order chi connectivity index (χ1) is 10.3. The summed E-state index contributed by atoms with van der Waals surface area (Å²) >= 11 is 1.46. The molecular formula is C15H19N3O2S. The van der Waals surface area contributed by atoms with Crippen LogP contribution in [0.4, 0.5) is 0 Å². The van der Waals surface area contributed by atoms with Gasteiger partial charge in [-0.15, -0.1) is 0 Å². The fourth-order valence-corrected chi connectivity index (χ4v) is 3.31. The second-order valence-electron chi connectivity index (χ2n) is 5.16. The van der Waals surface area contributed by atoms with Gasteiger partial charge in [-0.25, -0.2) is 4.98 Å². The van der Waals surface area contributed by atoms with Crippen molar-refractivity contribution in [3.8, 4) is 5.75 Å². The van der Waals surface area contributed by atoms with Crippen LogP contribution in [-0.2, 0) is 4.79 Å². The number of piperidine rings is 1. The number of aromatic nitrogens is 2. The average Bonchev–Trinajstić information content (AvgIpc) is 2.95. The van der Waals surface area contributed by atoms with Gasteiger partial charge in [-0.05, 0) is 31.4 Å². The molecule has 1 aliphatic rings. The topological polar surface area (TPSA) is 58.2 Å². The molecule has 1 amide bonds. The summed E-state index contributed by atoms with van der Waals surface area (Å²) in [5.41, 5.74) is 1.82. The lowest BCUT2D eigenvalue weighted by molar-refractivity contribution is -0.129. The van der Waals surface area contributed by atoms with Crippen molar-refractivity contribution in [3.63, 3.8) is 0 Å². The number of rotatable bonds is 4. The van der Waals surface area contributed by atoms with E-state index in [1.807, 2.05) is 23.1 Å². The summed E-state index contributed by atoms with van der Waals surface area (Å²) in [6.07, 6.45) is 3.49. The lowest BCUT2D eigenvalue weighted by atomic mass is 10.1. The molecule has 5 nitrogen and oxygen atoms in total. The number of nitrogens with one attached hydrogen (secondary N) is 1. The van der Waals surface area contributed by atoms with E-state index in [0.29, 0.717) is 5.75 Å². The maximum Gasteiger partial charge on any atom is 0.233 e. The Balaban J connectivity index is 1.63. The van der Waals surface area contributed by atoms with Crippen LogP contribution in [0.2, 0.25) is 0 Å². The van der Waals surface area contributed by atoms with E-state index in [0.717, 1.165) is 47.9 Å². The molecule has 0 aliphatic carbocycles. The minimum absolute atomic E-state index is 0.206. The largest absolute Gasteiger partial charge is 0.497 e. The van der Waals surface area contributed by atoms with E-state index in [1.54, 1.807) is 7.11 Å². The summed E-state index contributed by atoms with van der Waals surface area (Å²) in [5, 5.41) is 0.781. The van der Waals surface area contributed by atoms with Gasteiger partial charge in [-0.1, -0.05) is 11.8 Å². The Morgan fingerprint density at radius 2 is 2.19 bits per heavy atom. The molecule has 0 atom stereocenters. The Hall–Kier alpha value is -1.69. The Labute approximate surface area is 128 Å². The van der Waals surface area contributed by atoms with Crippen molar-refractivity contribution >= 4 is 28.7 Å². The number of benzene rings is 1. The summed E-state index contributed by atoms with van der Waals surface area (Å²) in [6.45, 7) is 1.80. The zero-order chi connectivity index (χ0) is 14.7. The maximum atomic E-state index is 12.1. The Bertz CT molecular complexity index is 635. The molecule has 1 aromatic heterocycles. The molecule has 1 N–H and O–H groups in total. The number of carbonyl (C=O) groups excluding carboxylic acids is 1. The quantitative estimate of drug-likeness (QED) is 0.882. The molecule has 2 heterocycles. The van der Waals surface area contributed by atoms with Gasteiger partial charge in [-0.2, -0.15) is 0 Å². The van der Waals surface area contributed by atoms with Crippen LogP contribution in [0, 0.1) is 0 Å². The number of thioether (sulfide) groups is 1. The fraction of sp³-hybridized carbons (Fsp3) is 0.467. The molecule has 1 saturated heterocycles.